The number of anilines is 1. The lowest BCUT2D eigenvalue weighted by Crippen LogP contribution is -2.51. The predicted octanol–water partition coefficient (Wildman–Crippen LogP) is 4.99. The van der Waals surface area contributed by atoms with Crippen molar-refractivity contribution in [2.45, 2.75) is 32.1 Å². The minimum absolute atomic E-state index is 0.145. The van der Waals surface area contributed by atoms with Crippen molar-refractivity contribution in [1.82, 2.24) is 10.2 Å². The maximum Gasteiger partial charge on any atom is 0.417 e. The average Bonchev–Trinajstić information content (AvgIpc) is 2.78. The Bertz CT molecular complexity index is 1240. The summed E-state index contributed by atoms with van der Waals surface area (Å²) in [6.45, 7) is 0.637. The number of nitrogens with one attached hydrogen (secondary N) is 1. The molecule has 0 aliphatic rings. The fraction of sp³-hybridized carbons (Fsp3) is 0.364. The zero-order chi connectivity index (χ0) is 27.4. The number of sulfonamides is 1. The molecule has 0 aromatic heterocycles. The Kier molecular flexibility index (Phi) is 9.91. The molecule has 2 amide bonds. The Balaban J connectivity index is 2.53. The van der Waals surface area contributed by atoms with Crippen molar-refractivity contribution < 1.29 is 31.2 Å². The van der Waals surface area contributed by atoms with Crippen LogP contribution < -0.4 is 9.62 Å². The molecule has 2 aromatic rings. The first-order valence-electron chi connectivity index (χ1n) is 10.4. The van der Waals surface area contributed by atoms with Crippen LogP contribution in [0.5, 0.6) is 0 Å². The summed E-state index contributed by atoms with van der Waals surface area (Å²) in [6.07, 6.45) is -3.93. The molecule has 0 spiro atoms. The van der Waals surface area contributed by atoms with Gasteiger partial charge in [0, 0.05) is 13.6 Å². The molecule has 0 unspecified atom stereocenters. The molecule has 0 saturated carbocycles. The number of nitrogens with zero attached hydrogens (tertiary/aromatic N) is 2. The van der Waals surface area contributed by atoms with Gasteiger partial charge in [0.25, 0.3) is 0 Å². The number of rotatable bonds is 9. The van der Waals surface area contributed by atoms with Gasteiger partial charge in [0.15, 0.2) is 0 Å². The third kappa shape index (κ3) is 7.41. The van der Waals surface area contributed by atoms with Gasteiger partial charge in [-0.2, -0.15) is 13.2 Å². The second-order valence-corrected chi connectivity index (χ2v) is 10.9. The van der Waals surface area contributed by atoms with E-state index < -0.39 is 56.9 Å². The minimum atomic E-state index is -4.85. The molecule has 0 aliphatic carbocycles. The minimum Gasteiger partial charge on any atom is -0.357 e. The molecule has 1 N–H and O–H groups in total. The van der Waals surface area contributed by atoms with E-state index in [0.717, 1.165) is 23.3 Å². The van der Waals surface area contributed by atoms with Gasteiger partial charge in [-0.05, 0) is 42.3 Å². The Morgan fingerprint density at radius 1 is 1.03 bits per heavy atom. The molecule has 0 fully saturated rings. The van der Waals surface area contributed by atoms with Crippen molar-refractivity contribution in [3.05, 3.63) is 62.6 Å². The average molecular weight is 589 g/mol. The van der Waals surface area contributed by atoms with E-state index in [2.05, 4.69) is 5.32 Å². The number of carbonyl (C=O) groups is 2. The number of carbonyl (C=O) groups excluding carboxylic acids is 2. The second kappa shape index (κ2) is 11.9. The molecule has 36 heavy (non-hydrogen) atoms. The second-order valence-electron chi connectivity index (χ2n) is 7.74. The van der Waals surface area contributed by atoms with Crippen molar-refractivity contribution in [3.63, 3.8) is 0 Å². The van der Waals surface area contributed by atoms with Gasteiger partial charge in [-0.15, -0.1) is 0 Å². The number of amides is 2. The van der Waals surface area contributed by atoms with Gasteiger partial charge in [-0.1, -0.05) is 47.8 Å². The zero-order valence-corrected chi connectivity index (χ0v) is 22.5. The van der Waals surface area contributed by atoms with Crippen LogP contribution in [0.3, 0.4) is 0 Å². The van der Waals surface area contributed by atoms with Crippen LogP contribution in [0.4, 0.5) is 18.9 Å². The first kappa shape index (κ1) is 30.0. The third-order valence-corrected chi connectivity index (χ3v) is 7.40. The topological polar surface area (TPSA) is 86.8 Å². The van der Waals surface area contributed by atoms with Gasteiger partial charge in [0.1, 0.15) is 12.6 Å². The van der Waals surface area contributed by atoms with Gasteiger partial charge in [0.2, 0.25) is 21.8 Å². The van der Waals surface area contributed by atoms with E-state index in [-0.39, 0.29) is 23.0 Å². The van der Waals surface area contributed by atoms with E-state index in [1.807, 2.05) is 0 Å². The van der Waals surface area contributed by atoms with Gasteiger partial charge in [-0.25, -0.2) is 8.42 Å². The van der Waals surface area contributed by atoms with Crippen molar-refractivity contribution >= 4 is 62.3 Å². The maximum atomic E-state index is 13.4. The molecular formula is C22H23Cl3F3N3O4S. The van der Waals surface area contributed by atoms with Crippen molar-refractivity contribution in [2.24, 2.45) is 0 Å². The van der Waals surface area contributed by atoms with Crippen LogP contribution in [0, 0.1) is 0 Å². The highest BCUT2D eigenvalue weighted by molar-refractivity contribution is 7.92. The largest absolute Gasteiger partial charge is 0.417 e. The van der Waals surface area contributed by atoms with E-state index in [1.165, 1.54) is 19.2 Å². The smallest absolute Gasteiger partial charge is 0.357 e. The van der Waals surface area contributed by atoms with Crippen LogP contribution in [-0.2, 0) is 32.3 Å². The molecule has 0 bridgehead atoms. The molecule has 7 nitrogen and oxygen atoms in total. The summed E-state index contributed by atoms with van der Waals surface area (Å²) in [4.78, 5) is 27.1. The summed E-state index contributed by atoms with van der Waals surface area (Å²) < 4.78 is 65.7. The van der Waals surface area contributed by atoms with E-state index in [9.17, 15) is 31.2 Å². The van der Waals surface area contributed by atoms with E-state index >= 15 is 0 Å². The molecule has 2 aromatic carbocycles. The summed E-state index contributed by atoms with van der Waals surface area (Å²) in [6, 6.07) is 6.07. The summed E-state index contributed by atoms with van der Waals surface area (Å²) in [5.41, 5.74) is -1.17. The van der Waals surface area contributed by atoms with Gasteiger partial charge in [0.05, 0.1) is 32.6 Å². The van der Waals surface area contributed by atoms with Gasteiger partial charge < -0.3 is 10.2 Å². The van der Waals surface area contributed by atoms with Crippen molar-refractivity contribution in [1.29, 1.82) is 0 Å². The molecular weight excluding hydrogens is 566 g/mol. The highest BCUT2D eigenvalue weighted by Crippen LogP contribution is 2.37. The Labute approximate surface area is 222 Å². The number of likely N-dealkylation sites (N-methyl/N-ethyl adjacent to an activating group) is 1. The highest BCUT2D eigenvalue weighted by atomic mass is 35.5. The first-order valence-corrected chi connectivity index (χ1v) is 13.4. The molecule has 0 saturated heterocycles. The molecule has 0 aliphatic heterocycles. The number of halogens is 6. The number of alkyl halides is 3. The van der Waals surface area contributed by atoms with Crippen LogP contribution in [0.25, 0.3) is 0 Å². The number of hydrogen-bond acceptors (Lipinski definition) is 4. The fourth-order valence-electron chi connectivity index (χ4n) is 3.42. The van der Waals surface area contributed by atoms with Gasteiger partial charge >= 0.3 is 6.18 Å². The van der Waals surface area contributed by atoms with E-state index in [1.54, 1.807) is 13.0 Å². The Hall–Kier alpha value is -2.21. The van der Waals surface area contributed by atoms with Crippen molar-refractivity contribution in [2.75, 3.05) is 24.2 Å². The van der Waals surface area contributed by atoms with Gasteiger partial charge in [-0.3, -0.25) is 13.9 Å². The highest BCUT2D eigenvalue weighted by Gasteiger charge is 2.36. The maximum absolute atomic E-state index is 13.4. The quantitative estimate of drug-likeness (QED) is 0.448. The summed E-state index contributed by atoms with van der Waals surface area (Å²) in [5, 5.41) is 2.29. The van der Waals surface area contributed by atoms with Crippen LogP contribution in [0.1, 0.15) is 24.5 Å². The van der Waals surface area contributed by atoms with Crippen LogP contribution in [0.15, 0.2) is 36.4 Å². The molecule has 0 radical (unpaired) electrons. The summed E-state index contributed by atoms with van der Waals surface area (Å²) in [5.74, 6) is -1.34. The summed E-state index contributed by atoms with van der Waals surface area (Å²) in [7, 11) is -2.85. The first-order chi connectivity index (χ1) is 16.6. The Morgan fingerprint density at radius 2 is 1.64 bits per heavy atom. The molecule has 0 heterocycles. The lowest BCUT2D eigenvalue weighted by atomic mass is 10.1. The van der Waals surface area contributed by atoms with Crippen LogP contribution in [0.2, 0.25) is 15.1 Å². The lowest BCUT2D eigenvalue weighted by Gasteiger charge is -2.32. The summed E-state index contributed by atoms with van der Waals surface area (Å²) >= 11 is 17.7. The Morgan fingerprint density at radius 3 is 2.14 bits per heavy atom. The lowest BCUT2D eigenvalue weighted by molar-refractivity contribution is -0.140. The van der Waals surface area contributed by atoms with Crippen LogP contribution in [-0.4, -0.2) is 51.0 Å². The third-order valence-electron chi connectivity index (χ3n) is 5.19. The molecule has 14 heteroatoms. The molecule has 198 valence electrons. The van der Waals surface area contributed by atoms with E-state index in [4.69, 9.17) is 34.8 Å². The zero-order valence-electron chi connectivity index (χ0n) is 19.4. The molecule has 2 rings (SSSR count). The predicted molar refractivity (Wildman–Crippen MR) is 134 cm³/mol. The fourth-order valence-corrected chi connectivity index (χ4v) is 4.81. The normalized spacial score (nSPS) is 12.7. The van der Waals surface area contributed by atoms with Crippen molar-refractivity contribution in [3.8, 4) is 0 Å². The number of benzene rings is 2. The molecule has 1 atom stereocenters. The van der Waals surface area contributed by atoms with E-state index in [0.29, 0.717) is 15.9 Å². The monoisotopic (exact) mass is 587 g/mol. The standard InChI is InChI=1S/C22H23Cl3F3N3O4S/c1-4-19(21(33)29-2)30(11-13-5-7-17(24)18(25)9-13)20(32)12-31(36(3,34)35)14-6-8-16(23)15(10-14)22(26,27)28/h5-10,19H,4,11-12H2,1-3H3,(H,29,33)/t19-/m0/s1. The van der Waals surface area contributed by atoms with Crippen LogP contribution >= 0.6 is 34.8 Å². The number of hydrogen-bond donors (Lipinski definition) is 1. The SMILES string of the molecule is CC[C@@H](C(=O)NC)N(Cc1ccc(Cl)c(Cl)c1)C(=O)CN(c1ccc(Cl)c(C(F)(F)F)c1)S(C)(=O)=O.